The van der Waals surface area contributed by atoms with E-state index in [2.05, 4.69) is 10.3 Å². The zero-order chi connectivity index (χ0) is 14.8. The van der Waals surface area contributed by atoms with Crippen LogP contribution in [0.2, 0.25) is 0 Å². The molecule has 1 heterocycles. The highest BCUT2D eigenvalue weighted by atomic mass is 32.2. The molecule has 3 aromatic rings. The van der Waals surface area contributed by atoms with Crippen LogP contribution < -0.4 is 5.32 Å². The standard InChI is InChI=1S/C16H15FN2OS/c1-10(18-2)11-6-5-7-12(17)15(11)21-16-19-13-8-3-4-9-14(13)20-16/h3-10,18H,1-2H3. The highest BCUT2D eigenvalue weighted by molar-refractivity contribution is 7.99. The predicted molar refractivity (Wildman–Crippen MR) is 82.0 cm³/mol. The van der Waals surface area contributed by atoms with Crippen molar-refractivity contribution < 1.29 is 8.81 Å². The van der Waals surface area contributed by atoms with E-state index in [1.807, 2.05) is 44.3 Å². The van der Waals surface area contributed by atoms with Crippen LogP contribution in [0.15, 0.2) is 57.0 Å². The zero-order valence-corrected chi connectivity index (χ0v) is 12.6. The summed E-state index contributed by atoms with van der Waals surface area (Å²) in [6.07, 6.45) is 0. The van der Waals surface area contributed by atoms with Gasteiger partial charge in [-0.3, -0.25) is 0 Å². The molecule has 3 nitrogen and oxygen atoms in total. The van der Waals surface area contributed by atoms with Crippen LogP contribution in [0.4, 0.5) is 4.39 Å². The summed E-state index contributed by atoms with van der Waals surface area (Å²) >= 11 is 1.22. The Morgan fingerprint density at radius 1 is 1.19 bits per heavy atom. The number of oxazole rings is 1. The molecule has 1 atom stereocenters. The lowest BCUT2D eigenvalue weighted by atomic mass is 10.1. The molecule has 108 valence electrons. The largest absolute Gasteiger partial charge is 0.431 e. The van der Waals surface area contributed by atoms with Crippen molar-refractivity contribution in [1.29, 1.82) is 0 Å². The van der Waals surface area contributed by atoms with Gasteiger partial charge in [0, 0.05) is 6.04 Å². The van der Waals surface area contributed by atoms with Crippen molar-refractivity contribution in [3.05, 3.63) is 53.8 Å². The quantitative estimate of drug-likeness (QED) is 0.775. The molecule has 0 saturated heterocycles. The third kappa shape index (κ3) is 2.80. The van der Waals surface area contributed by atoms with Crippen LogP contribution >= 0.6 is 11.8 Å². The van der Waals surface area contributed by atoms with Crippen molar-refractivity contribution >= 4 is 22.9 Å². The highest BCUT2D eigenvalue weighted by Gasteiger charge is 2.17. The molecule has 0 spiro atoms. The van der Waals surface area contributed by atoms with Crippen molar-refractivity contribution in [2.45, 2.75) is 23.1 Å². The number of fused-ring (bicyclic) bond motifs is 1. The minimum atomic E-state index is -0.262. The normalized spacial score (nSPS) is 12.7. The van der Waals surface area contributed by atoms with Gasteiger partial charge >= 0.3 is 0 Å². The van der Waals surface area contributed by atoms with Crippen LogP contribution in [-0.4, -0.2) is 12.0 Å². The van der Waals surface area contributed by atoms with Gasteiger partial charge in [0.25, 0.3) is 5.22 Å². The SMILES string of the molecule is CNC(C)c1cccc(F)c1Sc1nc2ccccc2o1. The number of hydrogen-bond acceptors (Lipinski definition) is 4. The van der Waals surface area contributed by atoms with Gasteiger partial charge in [0.1, 0.15) is 11.3 Å². The van der Waals surface area contributed by atoms with Gasteiger partial charge in [-0.2, -0.15) is 0 Å². The molecular formula is C16H15FN2OS. The maximum atomic E-state index is 14.2. The predicted octanol–water partition coefficient (Wildman–Crippen LogP) is 4.40. The first-order valence-corrected chi connectivity index (χ1v) is 7.50. The zero-order valence-electron chi connectivity index (χ0n) is 11.8. The van der Waals surface area contributed by atoms with E-state index >= 15 is 0 Å². The summed E-state index contributed by atoms with van der Waals surface area (Å²) in [6.45, 7) is 1.99. The summed E-state index contributed by atoms with van der Waals surface area (Å²) in [5, 5.41) is 3.58. The first kappa shape index (κ1) is 14.1. The number of para-hydroxylation sites is 2. The Kier molecular flexibility index (Phi) is 3.94. The van der Waals surface area contributed by atoms with E-state index < -0.39 is 0 Å². The average Bonchev–Trinajstić information content (AvgIpc) is 2.91. The lowest BCUT2D eigenvalue weighted by molar-refractivity contribution is 0.487. The number of hydrogen-bond donors (Lipinski definition) is 1. The summed E-state index contributed by atoms with van der Waals surface area (Å²) in [6, 6.07) is 12.6. The summed E-state index contributed by atoms with van der Waals surface area (Å²) < 4.78 is 19.8. The topological polar surface area (TPSA) is 38.1 Å². The fourth-order valence-electron chi connectivity index (χ4n) is 2.11. The van der Waals surface area contributed by atoms with Crippen molar-refractivity contribution in [1.82, 2.24) is 10.3 Å². The maximum Gasteiger partial charge on any atom is 0.261 e. The first-order chi connectivity index (χ1) is 10.2. The van der Waals surface area contributed by atoms with E-state index in [-0.39, 0.29) is 11.9 Å². The average molecular weight is 302 g/mol. The van der Waals surface area contributed by atoms with Crippen LogP contribution in [0.3, 0.4) is 0 Å². The van der Waals surface area contributed by atoms with Gasteiger partial charge in [-0.25, -0.2) is 9.37 Å². The van der Waals surface area contributed by atoms with Crippen LogP contribution in [0.25, 0.3) is 11.1 Å². The number of rotatable bonds is 4. The Bertz CT molecular complexity index is 739. The molecule has 21 heavy (non-hydrogen) atoms. The minimum Gasteiger partial charge on any atom is -0.431 e. The molecule has 0 amide bonds. The molecule has 0 bridgehead atoms. The number of nitrogens with one attached hydrogen (secondary N) is 1. The van der Waals surface area contributed by atoms with Crippen LogP contribution in [0.5, 0.6) is 0 Å². The molecule has 0 aliphatic rings. The van der Waals surface area contributed by atoms with E-state index in [4.69, 9.17) is 4.42 Å². The monoisotopic (exact) mass is 302 g/mol. The molecule has 0 radical (unpaired) electrons. The molecule has 3 rings (SSSR count). The van der Waals surface area contributed by atoms with Gasteiger partial charge in [0.2, 0.25) is 0 Å². The van der Waals surface area contributed by atoms with Crippen LogP contribution in [0.1, 0.15) is 18.5 Å². The second kappa shape index (κ2) is 5.87. The Balaban J connectivity index is 2.00. The molecule has 1 unspecified atom stereocenters. The van der Waals surface area contributed by atoms with Crippen molar-refractivity contribution in [3.8, 4) is 0 Å². The van der Waals surface area contributed by atoms with Gasteiger partial charge in [0.05, 0.1) is 4.90 Å². The van der Waals surface area contributed by atoms with Crippen LogP contribution in [-0.2, 0) is 0 Å². The molecule has 1 N–H and O–H groups in total. The highest BCUT2D eigenvalue weighted by Crippen LogP contribution is 2.36. The van der Waals surface area contributed by atoms with Crippen molar-refractivity contribution in [2.75, 3.05) is 7.05 Å². The van der Waals surface area contributed by atoms with Crippen LogP contribution in [0, 0.1) is 5.82 Å². The van der Waals surface area contributed by atoms with Gasteiger partial charge in [-0.05, 0) is 49.5 Å². The van der Waals surface area contributed by atoms with E-state index in [1.54, 1.807) is 6.07 Å². The van der Waals surface area contributed by atoms with Gasteiger partial charge < -0.3 is 9.73 Å². The van der Waals surface area contributed by atoms with Crippen molar-refractivity contribution in [2.24, 2.45) is 0 Å². The molecule has 0 aliphatic carbocycles. The lowest BCUT2D eigenvalue weighted by Gasteiger charge is -2.14. The van der Waals surface area contributed by atoms with E-state index in [9.17, 15) is 4.39 Å². The summed E-state index contributed by atoms with van der Waals surface area (Å²) in [4.78, 5) is 4.93. The molecule has 0 fully saturated rings. The third-order valence-electron chi connectivity index (χ3n) is 3.36. The molecular weight excluding hydrogens is 287 g/mol. The third-order valence-corrected chi connectivity index (χ3v) is 4.34. The lowest BCUT2D eigenvalue weighted by Crippen LogP contribution is -2.13. The number of nitrogens with zero attached hydrogens (tertiary/aromatic N) is 1. The molecule has 0 aliphatic heterocycles. The number of benzene rings is 2. The fraction of sp³-hybridized carbons (Fsp3) is 0.188. The minimum absolute atomic E-state index is 0.0487. The molecule has 2 aromatic carbocycles. The molecule has 5 heteroatoms. The second-order valence-corrected chi connectivity index (χ2v) is 5.68. The molecule has 0 saturated carbocycles. The number of halogens is 1. The maximum absolute atomic E-state index is 14.2. The van der Waals surface area contributed by atoms with Gasteiger partial charge in [0.15, 0.2) is 5.58 Å². The Morgan fingerprint density at radius 3 is 2.76 bits per heavy atom. The Morgan fingerprint density at radius 2 is 2.00 bits per heavy atom. The summed E-state index contributed by atoms with van der Waals surface area (Å²) in [5.41, 5.74) is 2.38. The Labute approximate surface area is 126 Å². The van der Waals surface area contributed by atoms with Gasteiger partial charge in [-0.1, -0.05) is 24.3 Å². The van der Waals surface area contributed by atoms with Crippen molar-refractivity contribution in [3.63, 3.8) is 0 Å². The van der Waals surface area contributed by atoms with E-state index in [1.165, 1.54) is 17.8 Å². The summed E-state index contributed by atoms with van der Waals surface area (Å²) in [7, 11) is 1.85. The first-order valence-electron chi connectivity index (χ1n) is 6.68. The Hall–Kier alpha value is -1.85. The number of aromatic nitrogens is 1. The molecule has 1 aromatic heterocycles. The van der Waals surface area contributed by atoms with Gasteiger partial charge in [-0.15, -0.1) is 0 Å². The smallest absolute Gasteiger partial charge is 0.261 e. The summed E-state index contributed by atoms with van der Waals surface area (Å²) in [5.74, 6) is -0.262. The second-order valence-electron chi connectivity index (χ2n) is 4.72. The fourth-order valence-corrected chi connectivity index (χ4v) is 3.09. The van der Waals surface area contributed by atoms with E-state index in [0.29, 0.717) is 15.7 Å². The van der Waals surface area contributed by atoms with E-state index in [0.717, 1.165) is 11.1 Å².